The first-order chi connectivity index (χ1) is 18.3. The van der Waals surface area contributed by atoms with Crippen molar-refractivity contribution >= 4 is 34.6 Å². The van der Waals surface area contributed by atoms with Crippen LogP contribution < -0.4 is 18.9 Å². The van der Waals surface area contributed by atoms with Crippen LogP contribution in [0.15, 0.2) is 81.6 Å². The summed E-state index contributed by atoms with van der Waals surface area (Å²) in [6.45, 7) is 8.04. The molecule has 0 spiro atoms. The molecule has 2 aromatic heterocycles. The Morgan fingerprint density at radius 2 is 0.975 bits per heavy atom. The maximum absolute atomic E-state index is 4.50. The van der Waals surface area contributed by atoms with Crippen molar-refractivity contribution in [1.82, 2.24) is 9.13 Å². The molecule has 0 unspecified atom stereocenters. The van der Waals surface area contributed by atoms with Gasteiger partial charge >= 0.3 is 11.9 Å². The predicted molar refractivity (Wildman–Crippen MR) is 161 cm³/mol. The quantitative estimate of drug-likeness (QED) is 0.178. The van der Waals surface area contributed by atoms with Crippen LogP contribution in [0.5, 0.6) is 0 Å². The molecule has 0 aliphatic carbocycles. The van der Waals surface area contributed by atoms with Crippen molar-refractivity contribution in [2.45, 2.75) is 13.8 Å². The Hall–Kier alpha value is -4.34. The molecule has 1 aliphatic rings. The summed E-state index contributed by atoms with van der Waals surface area (Å²) in [6, 6.07) is 12.9. The lowest BCUT2D eigenvalue weighted by molar-refractivity contribution is -0.657. The number of rotatable bonds is 6. The number of hydrogen-bond donors (Lipinski definition) is 0. The lowest BCUT2D eigenvalue weighted by atomic mass is 10.1. The van der Waals surface area contributed by atoms with Gasteiger partial charge in [-0.1, -0.05) is 10.2 Å². The molecule has 1 saturated heterocycles. The number of aromatic nitrogens is 4. The summed E-state index contributed by atoms with van der Waals surface area (Å²) in [6.07, 6.45) is 7.88. The predicted octanol–water partition coefficient (Wildman–Crippen LogP) is 5.69. The number of piperazine rings is 1. The zero-order valence-electron chi connectivity index (χ0n) is 25.1. The number of imidazole rings is 2. The molecule has 0 N–H and O–H groups in total. The van der Waals surface area contributed by atoms with E-state index in [1.54, 1.807) is 0 Å². The fourth-order valence-corrected chi connectivity index (χ4v) is 4.76. The topological polar surface area (TPSA) is 73.5 Å². The van der Waals surface area contributed by atoms with Gasteiger partial charge in [0.25, 0.3) is 0 Å². The average Bonchev–Trinajstić information content (AvgIpc) is 3.41. The Balaban J connectivity index is 0.00000220. The smallest absolute Gasteiger partial charge is 0.368 e. The fourth-order valence-electron chi connectivity index (χ4n) is 4.76. The van der Waals surface area contributed by atoms with Gasteiger partial charge in [-0.3, -0.25) is 0 Å². The number of anilines is 2. The third-order valence-corrected chi connectivity index (χ3v) is 7.15. The van der Waals surface area contributed by atoms with Crippen LogP contribution >= 0.6 is 0 Å². The van der Waals surface area contributed by atoms with Crippen molar-refractivity contribution in [3.05, 3.63) is 87.2 Å². The van der Waals surface area contributed by atoms with Crippen LogP contribution in [-0.4, -0.2) is 35.3 Å². The molecule has 40 heavy (non-hydrogen) atoms. The monoisotopic (exact) mass is 542 g/mol. The van der Waals surface area contributed by atoms with E-state index in [0.717, 1.165) is 60.6 Å². The van der Waals surface area contributed by atoms with E-state index in [2.05, 4.69) is 80.5 Å². The van der Waals surface area contributed by atoms with E-state index in [0.29, 0.717) is 0 Å². The van der Waals surface area contributed by atoms with Gasteiger partial charge in [-0.05, 0) is 61.4 Å². The van der Waals surface area contributed by atoms with E-state index in [1.807, 2.05) is 71.2 Å². The second-order valence-corrected chi connectivity index (χ2v) is 9.96. The van der Waals surface area contributed by atoms with Crippen molar-refractivity contribution in [1.29, 1.82) is 0 Å². The second-order valence-electron chi connectivity index (χ2n) is 9.96. The molecule has 10 heteroatoms. The van der Waals surface area contributed by atoms with E-state index in [9.17, 15) is 0 Å². The van der Waals surface area contributed by atoms with Gasteiger partial charge in [0.15, 0.2) is 0 Å². The van der Waals surface area contributed by atoms with Crippen LogP contribution in [0.2, 0.25) is 0 Å². The summed E-state index contributed by atoms with van der Waals surface area (Å²) in [4.78, 5) is 4.88. The Morgan fingerprint density at radius 3 is 1.27 bits per heavy atom. The van der Waals surface area contributed by atoms with E-state index < -0.39 is 0 Å². The molecule has 10 nitrogen and oxygen atoms in total. The van der Waals surface area contributed by atoms with Gasteiger partial charge in [0.1, 0.15) is 11.4 Å². The molecule has 1 aliphatic heterocycles. The lowest BCUT2D eigenvalue weighted by Gasteiger charge is -2.37. The SMILES string of the molecule is Cc1cc(N2CCN(c3ccc(N=Nc4n(C)cc[n+]4C)c(C)c3)CC2)ccc1N=Nc1n(C)cc[n+]1C.[CH3-].[CH3-]. The molecular weight excluding hydrogens is 500 g/mol. The molecule has 4 aromatic rings. The van der Waals surface area contributed by atoms with E-state index >= 15 is 0 Å². The van der Waals surface area contributed by atoms with E-state index in [4.69, 9.17) is 0 Å². The number of hydrogen-bond acceptors (Lipinski definition) is 6. The minimum Gasteiger partial charge on any atom is -0.368 e. The third-order valence-electron chi connectivity index (χ3n) is 7.15. The van der Waals surface area contributed by atoms with Crippen LogP contribution in [0.1, 0.15) is 11.1 Å². The first kappa shape index (κ1) is 30.2. The minimum atomic E-state index is 0. The van der Waals surface area contributed by atoms with Crippen molar-refractivity contribution < 1.29 is 9.13 Å². The summed E-state index contributed by atoms with van der Waals surface area (Å²) in [5, 5.41) is 17.9. The molecule has 2 aromatic carbocycles. The van der Waals surface area contributed by atoms with Gasteiger partial charge < -0.3 is 24.7 Å². The van der Waals surface area contributed by atoms with Crippen molar-refractivity contribution in [3.63, 3.8) is 0 Å². The average molecular weight is 543 g/mol. The number of benzene rings is 2. The van der Waals surface area contributed by atoms with Gasteiger partial charge in [0.2, 0.25) is 0 Å². The third kappa shape index (κ3) is 6.27. The zero-order valence-corrected chi connectivity index (χ0v) is 25.1. The summed E-state index contributed by atoms with van der Waals surface area (Å²) in [5.74, 6) is 1.61. The molecule has 0 bridgehead atoms. The van der Waals surface area contributed by atoms with Crippen molar-refractivity contribution in [2.24, 2.45) is 48.6 Å². The second kappa shape index (κ2) is 12.7. The van der Waals surface area contributed by atoms with Crippen LogP contribution in [0.3, 0.4) is 0 Å². The Morgan fingerprint density at radius 1 is 0.600 bits per heavy atom. The first-order valence-electron chi connectivity index (χ1n) is 12.9. The fraction of sp³-hybridized carbons (Fsp3) is 0.333. The highest BCUT2D eigenvalue weighted by atomic mass is 15.3. The Labute approximate surface area is 238 Å². The molecule has 0 atom stereocenters. The highest BCUT2D eigenvalue weighted by Crippen LogP contribution is 2.29. The van der Waals surface area contributed by atoms with Crippen molar-refractivity contribution in [3.8, 4) is 0 Å². The molecule has 212 valence electrons. The largest absolute Gasteiger partial charge is 0.421 e. The molecule has 3 heterocycles. The molecular formula is C30H42N10. The van der Waals surface area contributed by atoms with Gasteiger partial charge in [-0.25, -0.2) is 18.3 Å². The lowest BCUT2D eigenvalue weighted by Crippen LogP contribution is -2.46. The maximum Gasteiger partial charge on any atom is 0.421 e. The van der Waals surface area contributed by atoms with Gasteiger partial charge in [0, 0.05) is 47.8 Å². The molecule has 5 rings (SSSR count). The summed E-state index contributed by atoms with van der Waals surface area (Å²) in [5.41, 5.74) is 6.48. The summed E-state index contributed by atoms with van der Waals surface area (Å²) in [7, 11) is 7.88. The Kier molecular flexibility index (Phi) is 9.57. The van der Waals surface area contributed by atoms with Crippen LogP contribution in [0, 0.1) is 28.7 Å². The summed E-state index contributed by atoms with van der Waals surface area (Å²) >= 11 is 0. The minimum absolute atomic E-state index is 0. The number of nitrogens with zero attached hydrogens (tertiary/aromatic N) is 10. The Bertz CT molecular complexity index is 1350. The van der Waals surface area contributed by atoms with Gasteiger partial charge in [-0.15, -0.1) is 0 Å². The molecule has 0 saturated carbocycles. The maximum atomic E-state index is 4.50. The van der Waals surface area contributed by atoms with Crippen LogP contribution in [-0.2, 0) is 28.2 Å². The highest BCUT2D eigenvalue weighted by molar-refractivity contribution is 5.61. The van der Waals surface area contributed by atoms with Crippen LogP contribution in [0.4, 0.5) is 34.6 Å². The van der Waals surface area contributed by atoms with Gasteiger partial charge in [0.05, 0.1) is 53.0 Å². The first-order valence-corrected chi connectivity index (χ1v) is 12.9. The normalized spacial score (nSPS) is 13.7. The van der Waals surface area contributed by atoms with Crippen molar-refractivity contribution in [2.75, 3.05) is 36.0 Å². The van der Waals surface area contributed by atoms with E-state index in [1.165, 1.54) is 11.4 Å². The molecule has 0 amide bonds. The standard InChI is InChI=1S/C28H36N10.2CH3/c1-21-19-23(7-9-25(21)29-31-27-33(3)11-12-34(27)4)37-15-17-38(18-16-37)24-8-10-26(22(2)20-24)30-32-28-35(5)13-14-36(28)6;;/h7-14,19-20H,15-18H2,1-6H3;2*1H3/q+2;2*-1. The summed E-state index contributed by atoms with van der Waals surface area (Å²) < 4.78 is 7.82. The van der Waals surface area contributed by atoms with Crippen LogP contribution in [0.25, 0.3) is 0 Å². The zero-order chi connectivity index (χ0) is 26.8. The molecule has 0 radical (unpaired) electrons. The van der Waals surface area contributed by atoms with E-state index in [-0.39, 0.29) is 14.9 Å². The number of aryl methyl sites for hydroxylation is 6. The number of azo groups is 2. The molecule has 1 fully saturated rings. The van der Waals surface area contributed by atoms with Gasteiger partial charge in [-0.2, -0.15) is 0 Å². The highest BCUT2D eigenvalue weighted by Gasteiger charge is 2.19.